The molecular weight excluding hydrogens is 372 g/mol. The van der Waals surface area contributed by atoms with Gasteiger partial charge in [-0.1, -0.05) is 24.3 Å². The van der Waals surface area contributed by atoms with Crippen LogP contribution in [0.5, 0.6) is 0 Å². The fraction of sp³-hybridized carbons (Fsp3) is 0.381. The lowest BCUT2D eigenvalue weighted by Crippen LogP contribution is -2.49. The van der Waals surface area contributed by atoms with Gasteiger partial charge >= 0.3 is 6.18 Å². The summed E-state index contributed by atoms with van der Waals surface area (Å²) >= 11 is 0. The van der Waals surface area contributed by atoms with E-state index in [1.165, 1.54) is 12.1 Å². The Bertz CT molecular complexity index is 875. The van der Waals surface area contributed by atoms with Crippen LogP contribution in [-0.2, 0) is 11.0 Å². The quantitative estimate of drug-likeness (QED) is 0.728. The molecule has 4 rings (SSSR count). The van der Waals surface area contributed by atoms with E-state index in [0.29, 0.717) is 43.9 Å². The van der Waals surface area contributed by atoms with Gasteiger partial charge < -0.3 is 9.80 Å². The van der Waals surface area contributed by atoms with Gasteiger partial charge in [0.15, 0.2) is 0 Å². The summed E-state index contributed by atoms with van der Waals surface area (Å²) in [5.74, 6) is -0.540. The molecule has 1 aliphatic heterocycles. The number of nitrogens with zero attached hydrogens (tertiary/aromatic N) is 2. The van der Waals surface area contributed by atoms with E-state index in [1.54, 1.807) is 29.2 Å². The van der Waals surface area contributed by atoms with E-state index in [1.807, 2.05) is 4.90 Å². The molecule has 0 aromatic heterocycles. The van der Waals surface area contributed by atoms with Crippen LogP contribution in [0.3, 0.4) is 0 Å². The summed E-state index contributed by atoms with van der Waals surface area (Å²) in [6.45, 7) is 1.86. The van der Waals surface area contributed by atoms with Crippen LogP contribution in [0.15, 0.2) is 48.5 Å². The van der Waals surface area contributed by atoms with Crippen LogP contribution in [0.2, 0.25) is 0 Å². The van der Waals surface area contributed by atoms with Crippen molar-refractivity contribution in [2.24, 2.45) is 5.92 Å². The highest BCUT2D eigenvalue weighted by Gasteiger charge is 2.47. The highest BCUT2D eigenvalue weighted by atomic mass is 19.4. The Morgan fingerprint density at radius 1 is 0.964 bits per heavy atom. The van der Waals surface area contributed by atoms with Gasteiger partial charge in [-0.15, -0.1) is 0 Å². The maximum atomic E-state index is 13.9. The van der Waals surface area contributed by atoms with Crippen molar-refractivity contribution in [3.8, 4) is 0 Å². The number of alkyl halides is 3. The summed E-state index contributed by atoms with van der Waals surface area (Å²) in [4.78, 5) is 16.3. The summed E-state index contributed by atoms with van der Waals surface area (Å²) in [6, 6.07) is 11.8. The number of hydrogen-bond acceptors (Lipinski definition) is 2. The summed E-state index contributed by atoms with van der Waals surface area (Å²) < 4.78 is 52.6. The zero-order valence-electron chi connectivity index (χ0n) is 15.1. The molecule has 2 fully saturated rings. The predicted octanol–water partition coefficient (Wildman–Crippen LogP) is 4.30. The standard InChI is InChI=1S/C21H20F4N2O/c22-19-7-2-1-6-16(19)17-13-18(17)20(28)27-10-8-26(9-11-27)15-5-3-4-14(12-15)21(23,24)25/h1-7,12,17-18H,8-11,13H2. The average molecular weight is 392 g/mol. The van der Waals surface area contributed by atoms with Gasteiger partial charge in [0.2, 0.25) is 5.91 Å². The lowest BCUT2D eigenvalue weighted by molar-refractivity contribution is -0.137. The van der Waals surface area contributed by atoms with E-state index < -0.39 is 11.7 Å². The number of amides is 1. The molecule has 3 nitrogen and oxygen atoms in total. The Morgan fingerprint density at radius 2 is 1.68 bits per heavy atom. The molecule has 1 saturated heterocycles. The maximum Gasteiger partial charge on any atom is 0.416 e. The van der Waals surface area contributed by atoms with E-state index in [4.69, 9.17) is 0 Å². The Morgan fingerprint density at radius 3 is 2.36 bits per heavy atom. The molecule has 2 unspecified atom stereocenters. The van der Waals surface area contributed by atoms with Crippen molar-refractivity contribution in [2.45, 2.75) is 18.5 Å². The predicted molar refractivity (Wildman–Crippen MR) is 97.5 cm³/mol. The van der Waals surface area contributed by atoms with Gasteiger partial charge in [0.25, 0.3) is 0 Å². The van der Waals surface area contributed by atoms with E-state index in [2.05, 4.69) is 0 Å². The Hall–Kier alpha value is -2.57. The number of benzene rings is 2. The van der Waals surface area contributed by atoms with Crippen molar-refractivity contribution in [1.82, 2.24) is 4.90 Å². The molecule has 2 aromatic carbocycles. The molecule has 28 heavy (non-hydrogen) atoms. The van der Waals surface area contributed by atoms with Gasteiger partial charge in [-0.2, -0.15) is 13.2 Å². The highest BCUT2D eigenvalue weighted by molar-refractivity contribution is 5.83. The molecule has 1 aliphatic carbocycles. The second kappa shape index (κ2) is 7.11. The van der Waals surface area contributed by atoms with Gasteiger partial charge in [0, 0.05) is 37.8 Å². The largest absolute Gasteiger partial charge is 0.416 e. The Kier molecular flexibility index (Phi) is 4.77. The van der Waals surface area contributed by atoms with Gasteiger partial charge in [-0.05, 0) is 42.2 Å². The fourth-order valence-corrected chi connectivity index (χ4v) is 3.89. The van der Waals surface area contributed by atoms with Crippen molar-refractivity contribution >= 4 is 11.6 Å². The van der Waals surface area contributed by atoms with Crippen molar-refractivity contribution < 1.29 is 22.4 Å². The SMILES string of the molecule is O=C(C1CC1c1ccccc1F)N1CCN(c2cccc(C(F)(F)F)c2)CC1. The zero-order chi connectivity index (χ0) is 19.9. The van der Waals surface area contributed by atoms with Crippen LogP contribution in [0, 0.1) is 11.7 Å². The molecule has 0 bridgehead atoms. The van der Waals surface area contributed by atoms with E-state index >= 15 is 0 Å². The Labute approximate surface area is 160 Å². The number of halogens is 4. The smallest absolute Gasteiger partial charge is 0.368 e. The molecule has 148 valence electrons. The van der Waals surface area contributed by atoms with Crippen LogP contribution in [0.1, 0.15) is 23.5 Å². The second-order valence-electron chi connectivity index (χ2n) is 7.33. The zero-order valence-corrected chi connectivity index (χ0v) is 15.1. The van der Waals surface area contributed by atoms with E-state index in [0.717, 1.165) is 12.1 Å². The minimum atomic E-state index is -4.37. The third kappa shape index (κ3) is 3.70. The molecule has 1 heterocycles. The van der Waals surface area contributed by atoms with Crippen LogP contribution in [0.4, 0.5) is 23.2 Å². The van der Waals surface area contributed by atoms with Gasteiger partial charge in [0.1, 0.15) is 5.82 Å². The minimum Gasteiger partial charge on any atom is -0.368 e. The molecule has 7 heteroatoms. The van der Waals surface area contributed by atoms with E-state index in [9.17, 15) is 22.4 Å². The first kappa shape index (κ1) is 18.8. The topological polar surface area (TPSA) is 23.6 Å². The summed E-state index contributed by atoms with van der Waals surface area (Å²) in [5.41, 5.74) is 0.426. The number of hydrogen-bond donors (Lipinski definition) is 0. The third-order valence-electron chi connectivity index (χ3n) is 5.54. The van der Waals surface area contributed by atoms with Gasteiger partial charge in [-0.25, -0.2) is 4.39 Å². The molecule has 0 N–H and O–H groups in total. The molecule has 1 amide bonds. The first-order valence-electron chi connectivity index (χ1n) is 9.30. The molecule has 1 saturated carbocycles. The van der Waals surface area contributed by atoms with Crippen LogP contribution >= 0.6 is 0 Å². The first-order chi connectivity index (χ1) is 13.3. The van der Waals surface area contributed by atoms with Gasteiger partial charge in [-0.3, -0.25) is 4.79 Å². The fourth-order valence-electron chi connectivity index (χ4n) is 3.89. The lowest BCUT2D eigenvalue weighted by atomic mass is 10.1. The summed E-state index contributed by atoms with van der Waals surface area (Å²) in [7, 11) is 0. The number of carbonyl (C=O) groups excluding carboxylic acids is 1. The summed E-state index contributed by atoms with van der Waals surface area (Å²) in [5, 5.41) is 0. The number of rotatable bonds is 3. The van der Waals surface area contributed by atoms with E-state index in [-0.39, 0.29) is 23.6 Å². The molecular formula is C21H20F4N2O. The molecule has 0 spiro atoms. The van der Waals surface area contributed by atoms with Crippen molar-refractivity contribution in [1.29, 1.82) is 0 Å². The third-order valence-corrected chi connectivity index (χ3v) is 5.54. The number of carbonyl (C=O) groups is 1. The highest BCUT2D eigenvalue weighted by Crippen LogP contribution is 2.49. The summed E-state index contributed by atoms with van der Waals surface area (Å²) in [6.07, 6.45) is -3.73. The molecule has 0 radical (unpaired) electrons. The number of piperazine rings is 1. The van der Waals surface area contributed by atoms with Crippen LogP contribution < -0.4 is 4.90 Å². The van der Waals surface area contributed by atoms with Crippen LogP contribution in [0.25, 0.3) is 0 Å². The van der Waals surface area contributed by atoms with Gasteiger partial charge in [0.05, 0.1) is 5.56 Å². The Balaban J connectivity index is 1.36. The monoisotopic (exact) mass is 392 g/mol. The van der Waals surface area contributed by atoms with Crippen molar-refractivity contribution in [2.75, 3.05) is 31.1 Å². The van der Waals surface area contributed by atoms with Crippen molar-refractivity contribution in [3.63, 3.8) is 0 Å². The molecule has 2 aromatic rings. The number of anilines is 1. The maximum absolute atomic E-state index is 13.9. The van der Waals surface area contributed by atoms with Crippen molar-refractivity contribution in [3.05, 3.63) is 65.5 Å². The lowest BCUT2D eigenvalue weighted by Gasteiger charge is -2.36. The minimum absolute atomic E-state index is 0.0111. The average Bonchev–Trinajstić information content (AvgIpc) is 3.48. The normalized spacial score (nSPS) is 22.3. The molecule has 2 aliphatic rings. The van der Waals surface area contributed by atoms with Crippen LogP contribution in [-0.4, -0.2) is 37.0 Å². The molecule has 2 atom stereocenters. The first-order valence-corrected chi connectivity index (χ1v) is 9.30. The second-order valence-corrected chi connectivity index (χ2v) is 7.33.